The van der Waals surface area contributed by atoms with Crippen molar-refractivity contribution in [1.29, 1.82) is 0 Å². The number of ketones is 1. The Morgan fingerprint density at radius 3 is 2.25 bits per heavy atom. The van der Waals surface area contributed by atoms with E-state index >= 15 is 0 Å². The van der Waals surface area contributed by atoms with Crippen molar-refractivity contribution in [3.05, 3.63) is 11.3 Å². The third kappa shape index (κ3) is 2.59. The zero-order valence-electron chi connectivity index (χ0n) is 9.10. The summed E-state index contributed by atoms with van der Waals surface area (Å²) < 4.78 is 4.61. The number of hydrogen-bond donors (Lipinski definition) is 2. The largest absolute Gasteiger partial charge is 0.454 e. The summed E-state index contributed by atoms with van der Waals surface area (Å²) in [7, 11) is 0. The molecule has 1 aliphatic heterocycles. The molecule has 0 saturated carbocycles. The molecule has 6 heteroatoms. The van der Waals surface area contributed by atoms with Crippen LogP contribution in [0.2, 0.25) is 0 Å². The molecule has 2 N–H and O–H groups in total. The van der Waals surface area contributed by atoms with Gasteiger partial charge >= 0.3 is 5.97 Å². The lowest BCUT2D eigenvalue weighted by atomic mass is 10.1. The molecule has 1 fully saturated rings. The van der Waals surface area contributed by atoms with Crippen LogP contribution in [0, 0.1) is 0 Å². The first-order valence-corrected chi connectivity index (χ1v) is 4.99. The van der Waals surface area contributed by atoms with Gasteiger partial charge in [0.25, 0.3) is 0 Å². The third-order valence-electron chi connectivity index (χ3n) is 2.39. The topological polar surface area (TPSA) is 87.1 Å². The molecule has 90 valence electrons. The molecule has 1 heterocycles. The van der Waals surface area contributed by atoms with Crippen molar-refractivity contribution in [2.75, 3.05) is 32.9 Å². The summed E-state index contributed by atoms with van der Waals surface area (Å²) in [5.74, 6) is -0.994. The SMILES string of the molecule is C/C(=C1/C(=O)COC1=O)N(CCO)CCO. The van der Waals surface area contributed by atoms with Gasteiger partial charge in [-0.15, -0.1) is 0 Å². The Bertz CT molecular complexity index is 299. The number of rotatable bonds is 5. The van der Waals surface area contributed by atoms with E-state index in [0.717, 1.165) is 0 Å². The molecule has 0 radical (unpaired) electrons. The van der Waals surface area contributed by atoms with E-state index in [1.54, 1.807) is 11.8 Å². The first-order valence-electron chi connectivity index (χ1n) is 4.99. The number of cyclic esters (lactones) is 1. The highest BCUT2D eigenvalue weighted by Crippen LogP contribution is 2.17. The molecule has 0 aliphatic carbocycles. The van der Waals surface area contributed by atoms with Crippen LogP contribution in [0.1, 0.15) is 6.92 Å². The zero-order valence-corrected chi connectivity index (χ0v) is 9.10. The average molecular weight is 229 g/mol. The predicted octanol–water partition coefficient (Wildman–Crippen LogP) is -1.33. The van der Waals surface area contributed by atoms with Gasteiger partial charge in [0.05, 0.1) is 13.2 Å². The number of nitrogens with zero attached hydrogens (tertiary/aromatic N) is 1. The van der Waals surface area contributed by atoms with E-state index in [2.05, 4.69) is 4.74 Å². The van der Waals surface area contributed by atoms with Crippen molar-refractivity contribution in [2.24, 2.45) is 0 Å². The van der Waals surface area contributed by atoms with Crippen LogP contribution in [0.25, 0.3) is 0 Å². The van der Waals surface area contributed by atoms with Gasteiger partial charge in [-0.05, 0) is 6.92 Å². The van der Waals surface area contributed by atoms with E-state index in [1.165, 1.54) is 0 Å². The zero-order chi connectivity index (χ0) is 12.1. The maximum absolute atomic E-state index is 11.4. The second kappa shape index (κ2) is 5.62. The van der Waals surface area contributed by atoms with E-state index in [0.29, 0.717) is 5.70 Å². The molecular formula is C10H15NO5. The minimum Gasteiger partial charge on any atom is -0.454 e. The van der Waals surface area contributed by atoms with Crippen molar-refractivity contribution in [3.63, 3.8) is 0 Å². The summed E-state index contributed by atoms with van der Waals surface area (Å²) in [5, 5.41) is 17.7. The van der Waals surface area contributed by atoms with Gasteiger partial charge in [-0.25, -0.2) is 4.79 Å². The number of Topliss-reactive ketones (excluding diaryl/α,β-unsaturated/α-hetero) is 1. The lowest BCUT2D eigenvalue weighted by Gasteiger charge is -2.24. The van der Waals surface area contributed by atoms with Gasteiger partial charge in [-0.2, -0.15) is 0 Å². The van der Waals surface area contributed by atoms with E-state index in [-0.39, 0.29) is 44.3 Å². The predicted molar refractivity (Wildman–Crippen MR) is 54.4 cm³/mol. The Kier molecular flexibility index (Phi) is 4.45. The highest BCUT2D eigenvalue weighted by molar-refractivity contribution is 6.22. The second-order valence-corrected chi connectivity index (χ2v) is 3.39. The lowest BCUT2D eigenvalue weighted by Crippen LogP contribution is -2.30. The maximum Gasteiger partial charge on any atom is 0.344 e. The number of carbonyl (C=O) groups excluding carboxylic acids is 2. The molecule has 0 amide bonds. The minimum absolute atomic E-state index is 0.0156. The average Bonchev–Trinajstić information content (AvgIpc) is 2.57. The van der Waals surface area contributed by atoms with Crippen LogP contribution in [-0.2, 0) is 14.3 Å². The molecule has 0 bridgehead atoms. The summed E-state index contributed by atoms with van der Waals surface area (Å²) in [6.45, 7) is 1.66. The molecule has 0 unspecified atom stereocenters. The Balaban J connectivity index is 2.93. The van der Waals surface area contributed by atoms with Gasteiger partial charge in [0.15, 0.2) is 6.61 Å². The number of aliphatic hydroxyl groups excluding tert-OH is 2. The quantitative estimate of drug-likeness (QED) is 0.345. The van der Waals surface area contributed by atoms with Crippen LogP contribution in [0.15, 0.2) is 11.3 Å². The molecule has 1 saturated heterocycles. The number of hydrogen-bond acceptors (Lipinski definition) is 6. The highest BCUT2D eigenvalue weighted by atomic mass is 16.5. The number of ether oxygens (including phenoxy) is 1. The summed E-state index contributed by atoms with van der Waals surface area (Å²) in [5.41, 5.74) is 0.456. The number of esters is 1. The second-order valence-electron chi connectivity index (χ2n) is 3.39. The Labute approximate surface area is 93.1 Å². The van der Waals surface area contributed by atoms with Crippen molar-refractivity contribution in [3.8, 4) is 0 Å². The summed E-state index contributed by atoms with van der Waals surface area (Å²) in [6.07, 6.45) is 0. The Morgan fingerprint density at radius 2 is 1.88 bits per heavy atom. The monoisotopic (exact) mass is 229 g/mol. The fraction of sp³-hybridized carbons (Fsp3) is 0.600. The number of allylic oxidation sites excluding steroid dienone is 1. The van der Waals surface area contributed by atoms with Gasteiger partial charge in [0.2, 0.25) is 5.78 Å². The smallest absolute Gasteiger partial charge is 0.344 e. The molecule has 0 atom stereocenters. The van der Waals surface area contributed by atoms with Gasteiger partial charge in [0.1, 0.15) is 5.57 Å². The molecule has 16 heavy (non-hydrogen) atoms. The fourth-order valence-corrected chi connectivity index (χ4v) is 1.59. The molecule has 1 aliphatic rings. The number of aliphatic hydroxyl groups is 2. The molecule has 0 spiro atoms. The van der Waals surface area contributed by atoms with E-state index in [4.69, 9.17) is 10.2 Å². The van der Waals surface area contributed by atoms with Gasteiger partial charge in [-0.3, -0.25) is 4.79 Å². The first-order chi connectivity index (χ1) is 7.61. The summed E-state index contributed by atoms with van der Waals surface area (Å²) >= 11 is 0. The molecule has 0 aromatic carbocycles. The van der Waals surface area contributed by atoms with Gasteiger partial charge in [-0.1, -0.05) is 0 Å². The van der Waals surface area contributed by atoms with Crippen LogP contribution in [0.4, 0.5) is 0 Å². The third-order valence-corrected chi connectivity index (χ3v) is 2.39. The van der Waals surface area contributed by atoms with Gasteiger partial charge < -0.3 is 19.8 Å². The summed E-state index contributed by atoms with van der Waals surface area (Å²) in [4.78, 5) is 24.3. The molecule has 0 aromatic rings. The normalized spacial score (nSPS) is 18.7. The molecule has 1 rings (SSSR count). The Hall–Kier alpha value is -1.40. The highest BCUT2D eigenvalue weighted by Gasteiger charge is 2.31. The maximum atomic E-state index is 11.4. The molecule has 6 nitrogen and oxygen atoms in total. The molecular weight excluding hydrogens is 214 g/mol. The standard InChI is InChI=1S/C10H15NO5/c1-7(11(2-4-12)3-5-13)9-8(14)6-16-10(9)15/h12-13H,2-6H2,1H3/b9-7+. The van der Waals surface area contributed by atoms with E-state index < -0.39 is 5.97 Å². The van der Waals surface area contributed by atoms with Crippen molar-refractivity contribution >= 4 is 11.8 Å². The van der Waals surface area contributed by atoms with E-state index in [9.17, 15) is 9.59 Å². The van der Waals surface area contributed by atoms with E-state index in [1.807, 2.05) is 0 Å². The Morgan fingerprint density at radius 1 is 1.31 bits per heavy atom. The fourth-order valence-electron chi connectivity index (χ4n) is 1.59. The van der Waals surface area contributed by atoms with Crippen LogP contribution in [-0.4, -0.2) is 59.8 Å². The van der Waals surface area contributed by atoms with Gasteiger partial charge in [0, 0.05) is 18.8 Å². The van der Waals surface area contributed by atoms with Crippen molar-refractivity contribution < 1.29 is 24.5 Å². The summed E-state index contributed by atoms with van der Waals surface area (Å²) in [6, 6.07) is 0. The van der Waals surface area contributed by atoms with Crippen LogP contribution < -0.4 is 0 Å². The van der Waals surface area contributed by atoms with Crippen LogP contribution >= 0.6 is 0 Å². The van der Waals surface area contributed by atoms with Crippen LogP contribution in [0.5, 0.6) is 0 Å². The van der Waals surface area contributed by atoms with Crippen LogP contribution in [0.3, 0.4) is 0 Å². The number of carbonyl (C=O) groups is 2. The van der Waals surface area contributed by atoms with Crippen molar-refractivity contribution in [1.82, 2.24) is 4.90 Å². The minimum atomic E-state index is -0.636. The lowest BCUT2D eigenvalue weighted by molar-refractivity contribution is -0.135. The first kappa shape index (κ1) is 12.7. The molecule has 0 aromatic heterocycles. The van der Waals surface area contributed by atoms with Crippen molar-refractivity contribution in [2.45, 2.75) is 6.92 Å².